The zero-order valence-electron chi connectivity index (χ0n) is 14.4. The lowest BCUT2D eigenvalue weighted by Crippen LogP contribution is -2.54. The number of aliphatic hydroxyl groups is 1. The summed E-state index contributed by atoms with van der Waals surface area (Å²) >= 11 is 4.21. The highest BCUT2D eigenvalue weighted by atomic mass is 32.1. The molecule has 0 aliphatic carbocycles. The van der Waals surface area contributed by atoms with Crippen LogP contribution in [-0.4, -0.2) is 65.2 Å². The highest BCUT2D eigenvalue weighted by Crippen LogP contribution is 2.19. The van der Waals surface area contributed by atoms with Crippen molar-refractivity contribution in [3.63, 3.8) is 0 Å². The summed E-state index contributed by atoms with van der Waals surface area (Å²) in [5, 5.41) is 33.8. The van der Waals surface area contributed by atoms with Gasteiger partial charge in [-0.3, -0.25) is 9.59 Å². The number of aliphatic hydroxyl groups excluding tert-OH is 1. The molecule has 26 heavy (non-hydrogen) atoms. The van der Waals surface area contributed by atoms with E-state index >= 15 is 0 Å². The summed E-state index contributed by atoms with van der Waals surface area (Å²) in [7, 11) is -1.33. The number of nitrogens with zero attached hydrogens (tertiary/aromatic N) is 1. The summed E-state index contributed by atoms with van der Waals surface area (Å²) in [6.07, 6.45) is 4.84. The maximum atomic E-state index is 12.5. The number of carbonyl (C=O) groups is 2. The van der Waals surface area contributed by atoms with Gasteiger partial charge in [-0.1, -0.05) is 17.3 Å². The number of hydrogen-bond donors (Lipinski definition) is 5. The van der Waals surface area contributed by atoms with Crippen molar-refractivity contribution in [1.29, 1.82) is 0 Å². The van der Waals surface area contributed by atoms with Crippen molar-refractivity contribution >= 4 is 37.3 Å². The average Bonchev–Trinajstić information content (AvgIpc) is 2.58. The predicted octanol–water partition coefficient (Wildman–Crippen LogP) is -0.101. The van der Waals surface area contributed by atoms with Crippen LogP contribution in [0, 0.1) is 0 Å². The van der Waals surface area contributed by atoms with E-state index in [-0.39, 0.29) is 30.3 Å². The average molecular weight is 386 g/mol. The van der Waals surface area contributed by atoms with Crippen LogP contribution in [0.4, 0.5) is 0 Å². The third kappa shape index (κ3) is 7.60. The quantitative estimate of drug-likeness (QED) is 0.0932. The molecule has 1 amide bonds. The van der Waals surface area contributed by atoms with Crippen LogP contribution in [-0.2, 0) is 19.1 Å². The highest BCUT2D eigenvalue weighted by Gasteiger charge is 2.37. The third-order valence-electron chi connectivity index (χ3n) is 3.44. The summed E-state index contributed by atoms with van der Waals surface area (Å²) in [4.78, 5) is 28.2. The summed E-state index contributed by atoms with van der Waals surface area (Å²) in [6.45, 7) is 1.44. The SMILES string of the molecule is C\C=C/C=C(S)/C(=N/OCCO)C(=O)N[C@H]1CC[C@@H](CC(=O)O)OB1O. The van der Waals surface area contributed by atoms with Gasteiger partial charge in [-0.15, -0.1) is 12.6 Å². The van der Waals surface area contributed by atoms with Crippen LogP contribution >= 0.6 is 12.6 Å². The van der Waals surface area contributed by atoms with Crippen molar-refractivity contribution in [3.8, 4) is 0 Å². The van der Waals surface area contributed by atoms with Gasteiger partial charge in [0.15, 0.2) is 5.71 Å². The first-order valence-corrected chi connectivity index (χ1v) is 8.53. The lowest BCUT2D eigenvalue weighted by molar-refractivity contribution is -0.139. The molecule has 11 heteroatoms. The molecule has 0 spiro atoms. The Hall–Kier alpha value is -1.82. The predicted molar refractivity (Wildman–Crippen MR) is 98.6 cm³/mol. The van der Waals surface area contributed by atoms with Gasteiger partial charge in [0.2, 0.25) is 0 Å². The van der Waals surface area contributed by atoms with Crippen LogP contribution in [0.3, 0.4) is 0 Å². The fraction of sp³-hybridized carbons (Fsp3) is 0.533. The van der Waals surface area contributed by atoms with Crippen molar-refractivity contribution in [2.24, 2.45) is 5.16 Å². The molecule has 0 saturated carbocycles. The molecule has 0 aromatic heterocycles. The molecule has 1 aliphatic heterocycles. The normalized spacial score (nSPS) is 21.8. The van der Waals surface area contributed by atoms with Gasteiger partial charge in [0.25, 0.3) is 5.91 Å². The summed E-state index contributed by atoms with van der Waals surface area (Å²) in [5.41, 5.74) is -0.125. The number of amides is 1. The van der Waals surface area contributed by atoms with Gasteiger partial charge < -0.3 is 30.0 Å². The van der Waals surface area contributed by atoms with Crippen LogP contribution in [0.2, 0.25) is 0 Å². The van der Waals surface area contributed by atoms with Crippen LogP contribution in [0.15, 0.2) is 28.3 Å². The Balaban J connectivity index is 2.76. The first kappa shape index (κ1) is 22.2. The molecule has 0 bridgehead atoms. The zero-order valence-corrected chi connectivity index (χ0v) is 15.3. The smallest absolute Gasteiger partial charge is 0.478 e. The topological polar surface area (TPSA) is 138 Å². The fourth-order valence-corrected chi connectivity index (χ4v) is 2.44. The Bertz CT molecular complexity index is 582. The molecular weight excluding hydrogens is 363 g/mol. The number of aliphatic carboxylic acids is 1. The molecule has 0 aromatic rings. The number of rotatable bonds is 9. The van der Waals surface area contributed by atoms with Crippen LogP contribution in [0.5, 0.6) is 0 Å². The second kappa shape index (κ2) is 11.7. The van der Waals surface area contributed by atoms with Crippen LogP contribution in [0.1, 0.15) is 26.2 Å². The van der Waals surface area contributed by atoms with Crippen molar-refractivity contribution in [3.05, 3.63) is 23.1 Å². The Morgan fingerprint density at radius 2 is 2.19 bits per heavy atom. The van der Waals surface area contributed by atoms with Crippen LogP contribution in [0.25, 0.3) is 0 Å². The highest BCUT2D eigenvalue weighted by molar-refractivity contribution is 7.85. The molecular formula is C15H23BN2O7S. The van der Waals surface area contributed by atoms with Crippen molar-refractivity contribution in [1.82, 2.24) is 5.32 Å². The number of carboxylic acid groups (broad SMARTS) is 1. The van der Waals surface area contributed by atoms with E-state index in [9.17, 15) is 14.6 Å². The van der Waals surface area contributed by atoms with Crippen molar-refractivity contribution < 1.29 is 34.3 Å². The zero-order chi connectivity index (χ0) is 19.5. The minimum Gasteiger partial charge on any atom is -0.481 e. The second-order valence-corrected chi connectivity index (χ2v) is 5.96. The van der Waals surface area contributed by atoms with E-state index in [1.165, 1.54) is 0 Å². The Kier molecular flexibility index (Phi) is 10.0. The van der Waals surface area contributed by atoms with Crippen molar-refractivity contribution in [2.75, 3.05) is 13.2 Å². The lowest BCUT2D eigenvalue weighted by Gasteiger charge is -2.30. The summed E-state index contributed by atoms with van der Waals surface area (Å²) < 4.78 is 5.23. The molecule has 0 unspecified atom stereocenters. The van der Waals surface area contributed by atoms with Gasteiger partial charge in [-0.25, -0.2) is 0 Å². The molecule has 2 atom stereocenters. The first-order valence-electron chi connectivity index (χ1n) is 8.08. The largest absolute Gasteiger partial charge is 0.481 e. The molecule has 1 rings (SSSR count). The monoisotopic (exact) mass is 386 g/mol. The molecule has 4 N–H and O–H groups in total. The van der Waals surface area contributed by atoms with E-state index in [2.05, 4.69) is 23.1 Å². The fourth-order valence-electron chi connectivity index (χ4n) is 2.22. The van der Waals surface area contributed by atoms with Gasteiger partial charge >= 0.3 is 13.1 Å². The number of hydrogen-bond acceptors (Lipinski definition) is 8. The molecule has 0 radical (unpaired) electrons. The number of carboxylic acids is 1. The van der Waals surface area contributed by atoms with E-state index in [0.717, 1.165) is 0 Å². The maximum absolute atomic E-state index is 12.5. The van der Waals surface area contributed by atoms with Gasteiger partial charge in [0, 0.05) is 4.91 Å². The minimum atomic E-state index is -1.33. The minimum absolute atomic E-state index is 0.0898. The van der Waals surface area contributed by atoms with Gasteiger partial charge in [0.05, 0.1) is 25.1 Å². The van der Waals surface area contributed by atoms with E-state index < -0.39 is 31.0 Å². The molecule has 1 heterocycles. The molecule has 1 saturated heterocycles. The first-order chi connectivity index (χ1) is 12.4. The lowest BCUT2D eigenvalue weighted by atomic mass is 9.72. The summed E-state index contributed by atoms with van der Waals surface area (Å²) in [6, 6.07) is 0. The standard InChI is InChI=1S/C15H23BN2O7S/c1-2-3-4-11(26)14(18-24-8-7-19)15(22)17-12-6-5-10(9-13(20)21)25-16(12)23/h2-4,10,12,19,23,26H,5-9H2,1H3,(H,17,22)(H,20,21)/b3-2-,11-4-,18-14-/t10-,12-/m0/s1. The Morgan fingerprint density at radius 1 is 1.46 bits per heavy atom. The maximum Gasteiger partial charge on any atom is 0.478 e. The van der Waals surface area contributed by atoms with Gasteiger partial charge in [0.1, 0.15) is 6.61 Å². The van der Waals surface area contributed by atoms with Crippen LogP contribution < -0.4 is 5.32 Å². The second-order valence-electron chi connectivity index (χ2n) is 5.48. The van der Waals surface area contributed by atoms with Gasteiger partial charge in [-0.2, -0.15) is 0 Å². The summed E-state index contributed by atoms with van der Waals surface area (Å²) in [5.74, 6) is -2.38. The number of allylic oxidation sites excluding steroid dienone is 3. The Morgan fingerprint density at radius 3 is 2.77 bits per heavy atom. The Labute approximate surface area is 157 Å². The van der Waals surface area contributed by atoms with E-state index in [0.29, 0.717) is 12.8 Å². The van der Waals surface area contributed by atoms with Gasteiger partial charge in [-0.05, 0) is 25.8 Å². The third-order valence-corrected chi connectivity index (χ3v) is 3.80. The molecule has 0 aromatic carbocycles. The number of thiol groups is 1. The molecule has 1 fully saturated rings. The number of carbonyl (C=O) groups excluding carboxylic acids is 1. The molecule has 144 valence electrons. The number of oxime groups is 1. The number of nitrogens with one attached hydrogen (secondary N) is 1. The van der Waals surface area contributed by atoms with E-state index in [1.54, 1.807) is 25.2 Å². The van der Waals surface area contributed by atoms with E-state index in [4.69, 9.17) is 19.7 Å². The molecule has 1 aliphatic rings. The van der Waals surface area contributed by atoms with E-state index in [1.807, 2.05) is 0 Å². The molecule has 9 nitrogen and oxygen atoms in total. The van der Waals surface area contributed by atoms with Crippen molar-refractivity contribution in [2.45, 2.75) is 38.2 Å².